The molecule has 2 rings (SSSR count). The molecule has 9 nitrogen and oxygen atoms in total. The van der Waals surface area contributed by atoms with E-state index in [0.29, 0.717) is 19.6 Å². The standard InChI is InChI=1S/C20H31N3O6/c1-19(2,3)17(26)22-15(24)14-16(25)23(11-21-14)8-12-7-13(28-9-12)10-29-18(27)20(4,5)6/h11-13,25H,7-10H2,1-6H3,(H,22,24,26)/t12?,13-/m0/s1. The summed E-state index contributed by atoms with van der Waals surface area (Å²) in [5.41, 5.74) is -1.50. The van der Waals surface area contributed by atoms with E-state index in [9.17, 15) is 19.5 Å². The first-order chi connectivity index (χ1) is 13.3. The highest BCUT2D eigenvalue weighted by molar-refractivity contribution is 6.06. The molecule has 9 heteroatoms. The first-order valence-corrected chi connectivity index (χ1v) is 9.67. The lowest BCUT2D eigenvalue weighted by Gasteiger charge is -2.18. The summed E-state index contributed by atoms with van der Waals surface area (Å²) in [7, 11) is 0. The Labute approximate surface area is 170 Å². The maximum atomic E-state index is 12.2. The zero-order chi connectivity index (χ0) is 22.0. The quantitative estimate of drug-likeness (QED) is 0.713. The first-order valence-electron chi connectivity index (χ1n) is 9.67. The van der Waals surface area contributed by atoms with Crippen LogP contribution in [0.3, 0.4) is 0 Å². The Morgan fingerprint density at radius 2 is 1.90 bits per heavy atom. The number of aromatic nitrogens is 2. The van der Waals surface area contributed by atoms with Gasteiger partial charge in [-0.3, -0.25) is 19.7 Å². The molecule has 2 heterocycles. The largest absolute Gasteiger partial charge is 0.493 e. The lowest BCUT2D eigenvalue weighted by molar-refractivity contribution is -0.156. The van der Waals surface area contributed by atoms with E-state index in [0.717, 1.165) is 0 Å². The van der Waals surface area contributed by atoms with Crippen LogP contribution in [0.2, 0.25) is 0 Å². The van der Waals surface area contributed by atoms with Crippen LogP contribution >= 0.6 is 0 Å². The van der Waals surface area contributed by atoms with Gasteiger partial charge in [0, 0.05) is 17.9 Å². The summed E-state index contributed by atoms with van der Waals surface area (Å²) in [5.74, 6) is -1.70. The first kappa shape index (κ1) is 22.9. The maximum Gasteiger partial charge on any atom is 0.311 e. The highest BCUT2D eigenvalue weighted by Gasteiger charge is 2.31. The number of hydrogen-bond acceptors (Lipinski definition) is 7. The van der Waals surface area contributed by atoms with Crippen LogP contribution in [0.1, 0.15) is 58.5 Å². The van der Waals surface area contributed by atoms with Crippen molar-refractivity contribution < 1.29 is 29.0 Å². The highest BCUT2D eigenvalue weighted by atomic mass is 16.6. The number of imidazole rings is 1. The van der Waals surface area contributed by atoms with Gasteiger partial charge in [0.05, 0.1) is 24.5 Å². The fourth-order valence-corrected chi connectivity index (χ4v) is 2.71. The summed E-state index contributed by atoms with van der Waals surface area (Å²) in [6, 6.07) is 0. The minimum Gasteiger partial charge on any atom is -0.493 e. The van der Waals surface area contributed by atoms with Gasteiger partial charge in [-0.15, -0.1) is 0 Å². The Morgan fingerprint density at radius 1 is 1.24 bits per heavy atom. The molecular weight excluding hydrogens is 378 g/mol. The fourth-order valence-electron chi connectivity index (χ4n) is 2.71. The van der Waals surface area contributed by atoms with Crippen LogP contribution in [-0.2, 0) is 25.6 Å². The lowest BCUT2D eigenvalue weighted by atomic mass is 9.96. The number of esters is 1. The third-order valence-electron chi connectivity index (χ3n) is 4.56. The second kappa shape index (κ2) is 8.52. The number of carbonyl (C=O) groups is 3. The van der Waals surface area contributed by atoms with Gasteiger partial charge >= 0.3 is 5.97 Å². The molecule has 2 atom stereocenters. The van der Waals surface area contributed by atoms with Crippen molar-refractivity contribution in [2.24, 2.45) is 16.7 Å². The van der Waals surface area contributed by atoms with Gasteiger partial charge in [-0.05, 0) is 27.2 Å². The lowest BCUT2D eigenvalue weighted by Crippen LogP contribution is -2.39. The van der Waals surface area contributed by atoms with Crippen LogP contribution in [0.5, 0.6) is 5.88 Å². The van der Waals surface area contributed by atoms with Crippen molar-refractivity contribution >= 4 is 17.8 Å². The van der Waals surface area contributed by atoms with Gasteiger partial charge in [-0.1, -0.05) is 20.8 Å². The number of rotatable bonds is 5. The third-order valence-corrected chi connectivity index (χ3v) is 4.56. The van der Waals surface area contributed by atoms with Gasteiger partial charge in [0.15, 0.2) is 5.69 Å². The molecule has 0 bridgehead atoms. The molecular formula is C20H31N3O6. The monoisotopic (exact) mass is 409 g/mol. The predicted molar refractivity (Wildman–Crippen MR) is 104 cm³/mol. The van der Waals surface area contributed by atoms with Crippen molar-refractivity contribution in [2.45, 2.75) is 60.6 Å². The van der Waals surface area contributed by atoms with Crippen molar-refractivity contribution in [1.82, 2.24) is 14.9 Å². The summed E-state index contributed by atoms with van der Waals surface area (Å²) >= 11 is 0. The van der Waals surface area contributed by atoms with Crippen LogP contribution < -0.4 is 5.32 Å². The van der Waals surface area contributed by atoms with Crippen molar-refractivity contribution in [2.75, 3.05) is 13.2 Å². The molecule has 1 aromatic rings. The number of nitrogens with one attached hydrogen (secondary N) is 1. The minimum absolute atomic E-state index is 0.0700. The van der Waals surface area contributed by atoms with Crippen molar-refractivity contribution in [3.8, 4) is 5.88 Å². The number of carbonyl (C=O) groups excluding carboxylic acids is 3. The summed E-state index contributed by atoms with van der Waals surface area (Å²) in [5, 5.41) is 12.6. The van der Waals surface area contributed by atoms with Crippen LogP contribution in [0.15, 0.2) is 6.33 Å². The Bertz CT molecular complexity index is 772. The van der Waals surface area contributed by atoms with Crippen LogP contribution in [0.4, 0.5) is 0 Å². The summed E-state index contributed by atoms with van der Waals surface area (Å²) in [6.07, 6.45) is 1.81. The van der Waals surface area contributed by atoms with Gasteiger partial charge in [0.1, 0.15) is 6.61 Å². The second-order valence-corrected chi connectivity index (χ2v) is 9.51. The van der Waals surface area contributed by atoms with Gasteiger partial charge in [-0.2, -0.15) is 0 Å². The van der Waals surface area contributed by atoms with Gasteiger partial charge < -0.3 is 19.1 Å². The van der Waals surface area contributed by atoms with Crippen molar-refractivity contribution in [3.63, 3.8) is 0 Å². The zero-order valence-corrected chi connectivity index (χ0v) is 17.9. The van der Waals surface area contributed by atoms with Crippen molar-refractivity contribution in [1.29, 1.82) is 0 Å². The number of ether oxygens (including phenoxy) is 2. The average molecular weight is 409 g/mol. The van der Waals surface area contributed by atoms with Gasteiger partial charge in [0.2, 0.25) is 11.8 Å². The normalized spacial score (nSPS) is 19.8. The van der Waals surface area contributed by atoms with E-state index in [4.69, 9.17) is 9.47 Å². The summed E-state index contributed by atoms with van der Waals surface area (Å²) < 4.78 is 12.4. The molecule has 1 aliphatic rings. The molecule has 2 amide bonds. The maximum absolute atomic E-state index is 12.2. The smallest absolute Gasteiger partial charge is 0.311 e. The zero-order valence-electron chi connectivity index (χ0n) is 17.9. The Kier molecular flexibility index (Phi) is 6.72. The average Bonchev–Trinajstić information content (AvgIpc) is 3.18. The van der Waals surface area contributed by atoms with Gasteiger partial charge in [-0.25, -0.2) is 4.98 Å². The van der Waals surface area contributed by atoms with Crippen LogP contribution in [0.25, 0.3) is 0 Å². The molecule has 0 aromatic carbocycles. The van der Waals surface area contributed by atoms with E-state index >= 15 is 0 Å². The fraction of sp³-hybridized carbons (Fsp3) is 0.700. The van der Waals surface area contributed by atoms with Gasteiger partial charge in [0.25, 0.3) is 5.91 Å². The van der Waals surface area contributed by atoms with E-state index in [1.807, 2.05) is 0 Å². The summed E-state index contributed by atoms with van der Waals surface area (Å²) in [4.78, 5) is 40.0. The Balaban J connectivity index is 1.90. The highest BCUT2D eigenvalue weighted by Crippen LogP contribution is 2.26. The van der Waals surface area contributed by atoms with Crippen LogP contribution in [-0.4, -0.2) is 51.8 Å². The van der Waals surface area contributed by atoms with Crippen molar-refractivity contribution in [3.05, 3.63) is 12.0 Å². The predicted octanol–water partition coefficient (Wildman–Crippen LogP) is 1.89. The van der Waals surface area contributed by atoms with E-state index in [2.05, 4.69) is 10.3 Å². The molecule has 0 radical (unpaired) electrons. The van der Waals surface area contributed by atoms with Crippen LogP contribution in [0, 0.1) is 16.7 Å². The molecule has 0 spiro atoms. The summed E-state index contributed by atoms with van der Waals surface area (Å²) in [6.45, 7) is 11.4. The molecule has 1 saturated heterocycles. The molecule has 1 unspecified atom stereocenters. The Morgan fingerprint density at radius 3 is 2.48 bits per heavy atom. The number of hydrogen-bond donors (Lipinski definition) is 2. The molecule has 1 aromatic heterocycles. The molecule has 29 heavy (non-hydrogen) atoms. The number of nitrogens with zero attached hydrogens (tertiary/aromatic N) is 2. The third kappa shape index (κ3) is 6.03. The molecule has 0 aliphatic carbocycles. The molecule has 1 fully saturated rings. The van der Waals surface area contributed by atoms with E-state index < -0.39 is 22.6 Å². The number of aromatic hydroxyl groups is 1. The van der Waals surface area contributed by atoms with E-state index in [-0.39, 0.29) is 36.2 Å². The Hall–Kier alpha value is -2.42. The SMILES string of the molecule is CC(C)(C)C(=O)NC(=O)c1ncn(CC2CO[C@H](COC(=O)C(C)(C)C)C2)c1O. The molecule has 1 aliphatic heterocycles. The molecule has 2 N–H and O–H groups in total. The number of amides is 2. The second-order valence-electron chi connectivity index (χ2n) is 9.51. The van der Waals surface area contributed by atoms with E-state index in [1.165, 1.54) is 10.9 Å². The molecule has 0 saturated carbocycles. The van der Waals surface area contributed by atoms with E-state index in [1.54, 1.807) is 41.5 Å². The minimum atomic E-state index is -0.740. The molecule has 162 valence electrons. The topological polar surface area (TPSA) is 120 Å². The number of imide groups is 1.